The summed E-state index contributed by atoms with van der Waals surface area (Å²) >= 11 is 0. The first-order valence-electron chi connectivity index (χ1n) is 7.65. The number of benzene rings is 1. The molecule has 1 aliphatic rings. The van der Waals surface area contributed by atoms with Crippen LogP contribution in [0.4, 0.5) is 11.4 Å². The van der Waals surface area contributed by atoms with Gasteiger partial charge < -0.3 is 10.4 Å². The Balaban J connectivity index is 2.04. The van der Waals surface area contributed by atoms with Crippen molar-refractivity contribution in [1.29, 1.82) is 0 Å². The Labute approximate surface area is 125 Å². The number of aryl methyl sites for hydroxylation is 1. The van der Waals surface area contributed by atoms with E-state index >= 15 is 0 Å². The highest BCUT2D eigenvalue weighted by Gasteiger charge is 2.33. The third-order valence-electron chi connectivity index (χ3n) is 4.64. The Bertz CT molecular complexity index is 508. The third-order valence-corrected chi connectivity index (χ3v) is 4.64. The Hall–Kier alpha value is -1.62. The number of aliphatic hydroxyl groups is 1. The van der Waals surface area contributed by atoms with Gasteiger partial charge in [-0.2, -0.15) is 0 Å². The molecule has 5 nitrogen and oxygen atoms in total. The van der Waals surface area contributed by atoms with E-state index < -0.39 is 5.60 Å². The summed E-state index contributed by atoms with van der Waals surface area (Å²) in [5.41, 5.74) is 0.476. The molecule has 1 aromatic carbocycles. The van der Waals surface area contributed by atoms with E-state index in [0.29, 0.717) is 23.7 Å². The van der Waals surface area contributed by atoms with E-state index in [1.807, 2.05) is 0 Å². The van der Waals surface area contributed by atoms with Crippen molar-refractivity contribution in [3.63, 3.8) is 0 Å². The van der Waals surface area contributed by atoms with Gasteiger partial charge in [0.05, 0.1) is 10.5 Å². The molecule has 116 valence electrons. The molecule has 0 radical (unpaired) electrons. The molecule has 0 bridgehead atoms. The van der Waals surface area contributed by atoms with E-state index in [4.69, 9.17) is 0 Å². The van der Waals surface area contributed by atoms with E-state index in [0.717, 1.165) is 32.1 Å². The highest BCUT2D eigenvalue weighted by Crippen LogP contribution is 2.35. The van der Waals surface area contributed by atoms with Crippen LogP contribution in [-0.4, -0.2) is 22.2 Å². The smallest absolute Gasteiger partial charge is 0.295 e. The lowest BCUT2D eigenvalue weighted by Gasteiger charge is -2.36. The van der Waals surface area contributed by atoms with Crippen LogP contribution in [-0.2, 0) is 0 Å². The molecule has 21 heavy (non-hydrogen) atoms. The van der Waals surface area contributed by atoms with Crippen molar-refractivity contribution < 1.29 is 10.0 Å². The highest BCUT2D eigenvalue weighted by atomic mass is 16.6. The summed E-state index contributed by atoms with van der Waals surface area (Å²) in [5.74, 6) is 0.707. The second-order valence-corrected chi connectivity index (χ2v) is 6.16. The topological polar surface area (TPSA) is 75.4 Å². The molecule has 0 saturated heterocycles. The fourth-order valence-corrected chi connectivity index (χ4v) is 3.10. The number of hydrogen-bond donors (Lipinski definition) is 2. The SMILES string of the molecule is CCC1CCC(O)(CNc2cccc(C)c2[N+](=O)[O-])CC1. The van der Waals surface area contributed by atoms with Crippen LogP contribution in [0.2, 0.25) is 0 Å². The highest BCUT2D eigenvalue weighted by molar-refractivity contribution is 5.65. The number of nitro benzene ring substituents is 1. The summed E-state index contributed by atoms with van der Waals surface area (Å²) in [5, 5.41) is 24.9. The summed E-state index contributed by atoms with van der Waals surface area (Å²) < 4.78 is 0. The van der Waals surface area contributed by atoms with Gasteiger partial charge in [0.15, 0.2) is 0 Å². The number of para-hydroxylation sites is 1. The maximum Gasteiger partial charge on any atom is 0.295 e. The lowest BCUT2D eigenvalue weighted by Crippen LogP contribution is -2.40. The maximum atomic E-state index is 11.2. The van der Waals surface area contributed by atoms with Gasteiger partial charge in [-0.05, 0) is 44.6 Å². The van der Waals surface area contributed by atoms with Gasteiger partial charge in [-0.1, -0.05) is 25.5 Å². The monoisotopic (exact) mass is 292 g/mol. The number of nitro groups is 1. The van der Waals surface area contributed by atoms with Gasteiger partial charge in [0, 0.05) is 12.1 Å². The van der Waals surface area contributed by atoms with Gasteiger partial charge in [-0.3, -0.25) is 10.1 Å². The van der Waals surface area contributed by atoms with Crippen LogP contribution in [0.5, 0.6) is 0 Å². The van der Waals surface area contributed by atoms with E-state index in [-0.39, 0.29) is 10.6 Å². The molecular weight excluding hydrogens is 268 g/mol. The first-order valence-corrected chi connectivity index (χ1v) is 7.65. The summed E-state index contributed by atoms with van der Waals surface area (Å²) in [4.78, 5) is 10.8. The molecule has 1 aromatic rings. The normalized spacial score (nSPS) is 25.6. The summed E-state index contributed by atoms with van der Waals surface area (Å²) in [6.07, 6.45) is 4.75. The fraction of sp³-hybridized carbons (Fsp3) is 0.625. The first kappa shape index (κ1) is 15.8. The predicted octanol–water partition coefficient (Wildman–Crippen LogP) is 3.65. The third kappa shape index (κ3) is 3.73. The van der Waals surface area contributed by atoms with Crippen molar-refractivity contribution >= 4 is 11.4 Å². The van der Waals surface area contributed by atoms with Crippen molar-refractivity contribution in [2.24, 2.45) is 5.92 Å². The second-order valence-electron chi connectivity index (χ2n) is 6.16. The first-order chi connectivity index (χ1) is 9.95. The number of nitrogens with zero attached hydrogens (tertiary/aromatic N) is 1. The predicted molar refractivity (Wildman–Crippen MR) is 83.5 cm³/mol. The van der Waals surface area contributed by atoms with Gasteiger partial charge in [-0.15, -0.1) is 0 Å². The average Bonchev–Trinajstić information content (AvgIpc) is 2.46. The van der Waals surface area contributed by atoms with Gasteiger partial charge >= 0.3 is 0 Å². The standard InChI is InChI=1S/C16H24N2O3/c1-3-13-7-9-16(19,10-8-13)11-17-14-6-4-5-12(2)15(14)18(20)21/h4-6,13,17,19H,3,7-11H2,1-2H3. The fourth-order valence-electron chi connectivity index (χ4n) is 3.10. The molecule has 2 rings (SSSR count). The van der Waals surface area contributed by atoms with E-state index in [9.17, 15) is 15.2 Å². The minimum absolute atomic E-state index is 0.100. The molecule has 0 aliphatic heterocycles. The van der Waals surface area contributed by atoms with E-state index in [2.05, 4.69) is 12.2 Å². The zero-order valence-electron chi connectivity index (χ0n) is 12.8. The van der Waals surface area contributed by atoms with Gasteiger partial charge in [0.25, 0.3) is 5.69 Å². The Kier molecular flexibility index (Phi) is 4.83. The molecule has 5 heteroatoms. The molecule has 0 amide bonds. The summed E-state index contributed by atoms with van der Waals surface area (Å²) in [6.45, 7) is 4.28. The van der Waals surface area contributed by atoms with Crippen molar-refractivity contribution in [2.45, 2.75) is 51.6 Å². The molecule has 1 aliphatic carbocycles. The van der Waals surface area contributed by atoms with Crippen molar-refractivity contribution in [3.8, 4) is 0 Å². The second kappa shape index (κ2) is 6.43. The van der Waals surface area contributed by atoms with Crippen molar-refractivity contribution in [1.82, 2.24) is 0 Å². The Morgan fingerprint density at radius 3 is 2.67 bits per heavy atom. The minimum Gasteiger partial charge on any atom is -0.388 e. The number of nitrogens with one attached hydrogen (secondary N) is 1. The van der Waals surface area contributed by atoms with E-state index in [1.165, 1.54) is 0 Å². The molecule has 0 heterocycles. The zero-order chi connectivity index (χ0) is 15.5. The minimum atomic E-state index is -0.747. The van der Waals surface area contributed by atoms with Crippen LogP contribution in [0.1, 0.15) is 44.6 Å². The maximum absolute atomic E-state index is 11.2. The Morgan fingerprint density at radius 2 is 2.10 bits per heavy atom. The van der Waals surface area contributed by atoms with Crippen LogP contribution in [0.3, 0.4) is 0 Å². The molecule has 0 atom stereocenters. The largest absolute Gasteiger partial charge is 0.388 e. The molecule has 0 spiro atoms. The van der Waals surface area contributed by atoms with Crippen LogP contribution in [0, 0.1) is 23.0 Å². The van der Waals surface area contributed by atoms with Crippen LogP contribution >= 0.6 is 0 Å². The molecule has 1 saturated carbocycles. The van der Waals surface area contributed by atoms with Crippen molar-refractivity contribution in [2.75, 3.05) is 11.9 Å². The molecule has 0 aromatic heterocycles. The Morgan fingerprint density at radius 1 is 1.43 bits per heavy atom. The van der Waals surface area contributed by atoms with Crippen LogP contribution in [0.15, 0.2) is 18.2 Å². The van der Waals surface area contributed by atoms with Gasteiger partial charge in [0.1, 0.15) is 5.69 Å². The average molecular weight is 292 g/mol. The van der Waals surface area contributed by atoms with Crippen molar-refractivity contribution in [3.05, 3.63) is 33.9 Å². The quantitative estimate of drug-likeness (QED) is 0.641. The summed E-state index contributed by atoms with van der Waals surface area (Å²) in [7, 11) is 0. The van der Waals surface area contributed by atoms with Crippen LogP contribution < -0.4 is 5.32 Å². The molecule has 2 N–H and O–H groups in total. The lowest BCUT2D eigenvalue weighted by atomic mass is 9.78. The number of hydrogen-bond acceptors (Lipinski definition) is 4. The molecule has 0 unspecified atom stereocenters. The van der Waals surface area contributed by atoms with Gasteiger partial charge in [0.2, 0.25) is 0 Å². The molecular formula is C16H24N2O3. The van der Waals surface area contributed by atoms with E-state index in [1.54, 1.807) is 25.1 Å². The summed E-state index contributed by atoms with van der Waals surface area (Å²) in [6, 6.07) is 5.22. The number of anilines is 1. The zero-order valence-corrected chi connectivity index (χ0v) is 12.8. The lowest BCUT2D eigenvalue weighted by molar-refractivity contribution is -0.384. The number of rotatable bonds is 5. The van der Waals surface area contributed by atoms with Crippen LogP contribution in [0.25, 0.3) is 0 Å². The molecule has 1 fully saturated rings. The van der Waals surface area contributed by atoms with Gasteiger partial charge in [-0.25, -0.2) is 0 Å².